The zero-order valence-electron chi connectivity index (χ0n) is 11.3. The fourth-order valence-corrected chi connectivity index (χ4v) is 2.43. The Labute approximate surface area is 117 Å². The molecule has 0 aliphatic heterocycles. The van der Waals surface area contributed by atoms with E-state index in [-0.39, 0.29) is 6.10 Å². The number of nitrogens with zero attached hydrogens (tertiary/aromatic N) is 2. The minimum absolute atomic E-state index is 0.351. The predicted molar refractivity (Wildman–Crippen MR) is 80.4 cm³/mol. The molecule has 1 heterocycles. The number of benzene rings is 2. The first-order valence-electron chi connectivity index (χ1n) is 6.71. The van der Waals surface area contributed by atoms with E-state index in [4.69, 9.17) is 0 Å². The molecule has 1 unspecified atom stereocenters. The van der Waals surface area contributed by atoms with Crippen LogP contribution in [0.5, 0.6) is 0 Å². The average Bonchev–Trinajstić information content (AvgIpc) is 2.47. The first kappa shape index (κ1) is 12.8. The number of rotatable bonds is 3. The highest BCUT2D eigenvalue weighted by Gasteiger charge is 2.08. The number of aliphatic hydroxyl groups excluding tert-OH is 1. The van der Waals surface area contributed by atoms with Crippen LogP contribution in [0.15, 0.2) is 54.9 Å². The van der Waals surface area contributed by atoms with E-state index in [0.717, 1.165) is 27.7 Å². The second kappa shape index (κ2) is 5.39. The zero-order valence-corrected chi connectivity index (χ0v) is 11.3. The highest BCUT2D eigenvalue weighted by atomic mass is 16.3. The predicted octanol–water partition coefficient (Wildman–Crippen LogP) is 3.22. The maximum atomic E-state index is 9.63. The largest absolute Gasteiger partial charge is 0.393 e. The van der Waals surface area contributed by atoms with Gasteiger partial charge in [0, 0.05) is 12.4 Å². The fourth-order valence-electron chi connectivity index (χ4n) is 2.43. The van der Waals surface area contributed by atoms with Gasteiger partial charge < -0.3 is 5.11 Å². The minimum atomic E-state index is -0.351. The van der Waals surface area contributed by atoms with Crippen molar-refractivity contribution in [1.29, 1.82) is 0 Å². The molecule has 1 N–H and O–H groups in total. The Kier molecular flexibility index (Phi) is 3.44. The van der Waals surface area contributed by atoms with Crippen LogP contribution in [-0.2, 0) is 6.42 Å². The molecule has 0 fully saturated rings. The molecule has 20 heavy (non-hydrogen) atoms. The summed E-state index contributed by atoms with van der Waals surface area (Å²) < 4.78 is 0. The van der Waals surface area contributed by atoms with Gasteiger partial charge in [-0.25, -0.2) is 0 Å². The van der Waals surface area contributed by atoms with Crippen LogP contribution in [0.25, 0.3) is 22.2 Å². The molecule has 0 aliphatic rings. The van der Waals surface area contributed by atoms with Crippen molar-refractivity contribution in [3.63, 3.8) is 0 Å². The molecule has 0 radical (unpaired) electrons. The molecule has 100 valence electrons. The number of aromatic nitrogens is 2. The summed E-state index contributed by atoms with van der Waals surface area (Å²) in [6, 6.07) is 14.2. The SMILES string of the molecule is CC(O)Cc1ccccc1-c1ccc2nccnc2c1. The summed E-state index contributed by atoms with van der Waals surface area (Å²) in [6.45, 7) is 1.81. The van der Waals surface area contributed by atoms with Gasteiger partial charge in [-0.3, -0.25) is 9.97 Å². The monoisotopic (exact) mass is 264 g/mol. The van der Waals surface area contributed by atoms with Crippen molar-refractivity contribution in [3.05, 3.63) is 60.4 Å². The minimum Gasteiger partial charge on any atom is -0.393 e. The maximum absolute atomic E-state index is 9.63. The lowest BCUT2D eigenvalue weighted by atomic mass is 9.96. The van der Waals surface area contributed by atoms with Gasteiger partial charge in [0.15, 0.2) is 0 Å². The van der Waals surface area contributed by atoms with E-state index < -0.39 is 0 Å². The molecule has 2 aromatic carbocycles. The fraction of sp³-hybridized carbons (Fsp3) is 0.176. The van der Waals surface area contributed by atoms with Crippen molar-refractivity contribution < 1.29 is 5.11 Å². The normalized spacial score (nSPS) is 12.5. The lowest BCUT2D eigenvalue weighted by Crippen LogP contribution is -2.05. The third-order valence-corrected chi connectivity index (χ3v) is 3.31. The van der Waals surface area contributed by atoms with Crippen molar-refractivity contribution in [2.24, 2.45) is 0 Å². The van der Waals surface area contributed by atoms with Crippen molar-refractivity contribution in [2.75, 3.05) is 0 Å². The van der Waals surface area contributed by atoms with Crippen molar-refractivity contribution >= 4 is 11.0 Å². The molecule has 0 aliphatic carbocycles. The van der Waals surface area contributed by atoms with E-state index in [9.17, 15) is 5.11 Å². The van der Waals surface area contributed by atoms with Crippen LogP contribution in [0.4, 0.5) is 0 Å². The molecule has 3 heteroatoms. The van der Waals surface area contributed by atoms with Gasteiger partial charge in [-0.15, -0.1) is 0 Å². The van der Waals surface area contributed by atoms with Crippen molar-refractivity contribution in [1.82, 2.24) is 9.97 Å². The number of fused-ring (bicyclic) bond motifs is 1. The van der Waals surface area contributed by atoms with E-state index in [1.54, 1.807) is 12.4 Å². The van der Waals surface area contributed by atoms with Crippen LogP contribution in [0.3, 0.4) is 0 Å². The molecule has 0 spiro atoms. The van der Waals surface area contributed by atoms with Gasteiger partial charge in [-0.1, -0.05) is 30.3 Å². The van der Waals surface area contributed by atoms with Gasteiger partial charge in [0.25, 0.3) is 0 Å². The first-order valence-corrected chi connectivity index (χ1v) is 6.71. The Morgan fingerprint density at radius 1 is 1.00 bits per heavy atom. The Morgan fingerprint density at radius 3 is 2.55 bits per heavy atom. The summed E-state index contributed by atoms with van der Waals surface area (Å²) >= 11 is 0. The summed E-state index contributed by atoms with van der Waals surface area (Å²) in [6.07, 6.45) is 3.70. The summed E-state index contributed by atoms with van der Waals surface area (Å²) in [5.74, 6) is 0. The van der Waals surface area contributed by atoms with E-state index in [1.807, 2.05) is 31.2 Å². The molecular formula is C17H16N2O. The van der Waals surface area contributed by atoms with Crippen LogP contribution in [0.1, 0.15) is 12.5 Å². The molecule has 0 saturated carbocycles. The molecule has 3 nitrogen and oxygen atoms in total. The molecule has 3 rings (SSSR count). The summed E-state index contributed by atoms with van der Waals surface area (Å²) in [7, 11) is 0. The Bertz CT molecular complexity index is 738. The quantitative estimate of drug-likeness (QED) is 0.790. The van der Waals surface area contributed by atoms with Crippen LogP contribution in [0.2, 0.25) is 0 Å². The number of aliphatic hydroxyl groups is 1. The van der Waals surface area contributed by atoms with Crippen LogP contribution >= 0.6 is 0 Å². The van der Waals surface area contributed by atoms with Gasteiger partial charge in [-0.05, 0) is 42.2 Å². The Morgan fingerprint density at radius 2 is 1.75 bits per heavy atom. The van der Waals surface area contributed by atoms with Gasteiger partial charge in [0.1, 0.15) is 0 Å². The average molecular weight is 264 g/mol. The maximum Gasteiger partial charge on any atom is 0.0892 e. The van der Waals surface area contributed by atoms with Crippen molar-refractivity contribution in [3.8, 4) is 11.1 Å². The Balaban J connectivity index is 2.10. The van der Waals surface area contributed by atoms with Crippen molar-refractivity contribution in [2.45, 2.75) is 19.4 Å². The summed E-state index contributed by atoms with van der Waals surface area (Å²) in [5, 5.41) is 9.63. The van der Waals surface area contributed by atoms with Crippen LogP contribution in [0, 0.1) is 0 Å². The molecular weight excluding hydrogens is 248 g/mol. The molecule has 1 atom stereocenters. The number of hydrogen-bond acceptors (Lipinski definition) is 3. The van der Waals surface area contributed by atoms with Gasteiger partial charge >= 0.3 is 0 Å². The topological polar surface area (TPSA) is 46.0 Å². The third kappa shape index (κ3) is 2.53. The zero-order chi connectivity index (χ0) is 13.9. The van der Waals surface area contributed by atoms with E-state index in [2.05, 4.69) is 28.2 Å². The van der Waals surface area contributed by atoms with Gasteiger partial charge in [-0.2, -0.15) is 0 Å². The highest BCUT2D eigenvalue weighted by molar-refractivity contribution is 5.81. The first-order chi connectivity index (χ1) is 9.74. The van der Waals surface area contributed by atoms with E-state index in [0.29, 0.717) is 6.42 Å². The summed E-state index contributed by atoms with van der Waals surface area (Å²) in [4.78, 5) is 8.63. The summed E-state index contributed by atoms with van der Waals surface area (Å²) in [5.41, 5.74) is 5.17. The molecule has 1 aromatic heterocycles. The Hall–Kier alpha value is -2.26. The third-order valence-electron chi connectivity index (χ3n) is 3.31. The smallest absolute Gasteiger partial charge is 0.0892 e. The molecule has 0 saturated heterocycles. The highest BCUT2D eigenvalue weighted by Crippen LogP contribution is 2.26. The standard InChI is InChI=1S/C17H16N2O/c1-12(20)10-13-4-2-3-5-15(13)14-6-7-16-17(11-14)19-9-8-18-16/h2-9,11-12,20H,10H2,1H3. The molecule has 3 aromatic rings. The van der Waals surface area contributed by atoms with Gasteiger partial charge in [0.2, 0.25) is 0 Å². The van der Waals surface area contributed by atoms with Crippen LogP contribution < -0.4 is 0 Å². The number of hydrogen-bond donors (Lipinski definition) is 1. The van der Waals surface area contributed by atoms with Gasteiger partial charge in [0.05, 0.1) is 17.1 Å². The van der Waals surface area contributed by atoms with E-state index in [1.165, 1.54) is 0 Å². The van der Waals surface area contributed by atoms with Crippen LogP contribution in [-0.4, -0.2) is 21.2 Å². The second-order valence-corrected chi connectivity index (χ2v) is 4.97. The lowest BCUT2D eigenvalue weighted by molar-refractivity contribution is 0.195. The molecule has 0 bridgehead atoms. The second-order valence-electron chi connectivity index (χ2n) is 4.97. The molecule has 0 amide bonds. The van der Waals surface area contributed by atoms with E-state index >= 15 is 0 Å². The lowest BCUT2D eigenvalue weighted by Gasteiger charge is -2.11.